The van der Waals surface area contributed by atoms with Crippen molar-refractivity contribution in [1.82, 2.24) is 24.8 Å². The zero-order valence-electron chi connectivity index (χ0n) is 14.4. The molecule has 0 aromatic carbocycles. The van der Waals surface area contributed by atoms with Crippen molar-refractivity contribution in [2.24, 2.45) is 5.92 Å². The van der Waals surface area contributed by atoms with Crippen molar-refractivity contribution in [3.63, 3.8) is 0 Å². The van der Waals surface area contributed by atoms with Gasteiger partial charge in [-0.3, -0.25) is 14.7 Å². The molecule has 0 bridgehead atoms. The molecule has 0 aliphatic carbocycles. The van der Waals surface area contributed by atoms with Crippen LogP contribution in [0, 0.1) is 12.8 Å². The molecular weight excluding hydrogens is 318 g/mol. The summed E-state index contributed by atoms with van der Waals surface area (Å²) in [5, 5.41) is 0. The second-order valence-corrected chi connectivity index (χ2v) is 6.68. The van der Waals surface area contributed by atoms with Crippen LogP contribution in [0.4, 0.5) is 0 Å². The number of carbonyl (C=O) groups is 1. The van der Waals surface area contributed by atoms with Crippen molar-refractivity contribution < 1.29 is 9.53 Å². The topological polar surface area (TPSA) is 71.5 Å². The highest BCUT2D eigenvalue weighted by molar-refractivity contribution is 5.84. The zero-order chi connectivity index (χ0) is 17.4. The maximum Gasteiger partial charge on any atom is 0.264 e. The number of nitrogens with zero attached hydrogens (tertiary/aromatic N) is 5. The van der Waals surface area contributed by atoms with Crippen LogP contribution in [0.1, 0.15) is 11.5 Å². The molecule has 0 N–H and O–H groups in total. The first kappa shape index (κ1) is 16.0. The fraction of sp³-hybridized carbons (Fsp3) is 0.444. The number of fused-ring (bicyclic) bond motifs is 1. The molecule has 2 aromatic rings. The molecule has 7 nitrogen and oxygen atoms in total. The van der Waals surface area contributed by atoms with Crippen LogP contribution in [0.25, 0.3) is 0 Å². The van der Waals surface area contributed by atoms with Crippen LogP contribution < -0.4 is 4.74 Å². The molecule has 2 aromatic heterocycles. The molecule has 4 rings (SSSR count). The van der Waals surface area contributed by atoms with Gasteiger partial charge in [0.25, 0.3) is 5.91 Å². The zero-order valence-corrected chi connectivity index (χ0v) is 14.4. The van der Waals surface area contributed by atoms with Crippen LogP contribution in [-0.2, 0) is 11.3 Å². The number of amides is 1. The van der Waals surface area contributed by atoms with E-state index in [1.54, 1.807) is 12.3 Å². The molecule has 2 fully saturated rings. The SMILES string of the molecule is Cc1nccc(O[C@@H]2C(=O)N(C)[C@@H]3CN(Cc4ccccn4)C[C@H]23)n1. The number of hydrogen-bond donors (Lipinski definition) is 0. The summed E-state index contributed by atoms with van der Waals surface area (Å²) in [6, 6.07) is 7.82. The molecular formula is C18H21N5O2. The first-order valence-corrected chi connectivity index (χ1v) is 8.47. The monoisotopic (exact) mass is 339 g/mol. The number of likely N-dealkylation sites (tertiary alicyclic amines) is 2. The van der Waals surface area contributed by atoms with Crippen LogP contribution in [-0.4, -0.2) is 62.9 Å². The Bertz CT molecular complexity index is 769. The molecule has 0 unspecified atom stereocenters. The lowest BCUT2D eigenvalue weighted by atomic mass is 10.0. The van der Waals surface area contributed by atoms with Gasteiger partial charge >= 0.3 is 0 Å². The largest absolute Gasteiger partial charge is 0.464 e. The Morgan fingerprint density at radius 3 is 2.84 bits per heavy atom. The predicted molar refractivity (Wildman–Crippen MR) is 90.7 cm³/mol. The summed E-state index contributed by atoms with van der Waals surface area (Å²) in [4.78, 5) is 29.5. The molecule has 7 heteroatoms. The Balaban J connectivity index is 1.49. The van der Waals surface area contributed by atoms with Gasteiger partial charge in [-0.1, -0.05) is 6.07 Å². The van der Waals surface area contributed by atoms with E-state index < -0.39 is 6.10 Å². The smallest absolute Gasteiger partial charge is 0.264 e. The summed E-state index contributed by atoms with van der Waals surface area (Å²) in [7, 11) is 1.86. The van der Waals surface area contributed by atoms with Gasteiger partial charge in [0.1, 0.15) is 5.82 Å². The summed E-state index contributed by atoms with van der Waals surface area (Å²) < 4.78 is 5.97. The molecule has 2 aliphatic rings. The Morgan fingerprint density at radius 2 is 2.08 bits per heavy atom. The maximum atomic E-state index is 12.6. The molecule has 1 amide bonds. The van der Waals surface area contributed by atoms with Gasteiger partial charge < -0.3 is 9.64 Å². The normalized spacial score (nSPS) is 26.1. The van der Waals surface area contributed by atoms with Crippen LogP contribution >= 0.6 is 0 Å². The number of likely N-dealkylation sites (N-methyl/N-ethyl adjacent to an activating group) is 1. The molecule has 2 aliphatic heterocycles. The molecule has 3 atom stereocenters. The molecule has 2 saturated heterocycles. The minimum atomic E-state index is -0.488. The molecule has 25 heavy (non-hydrogen) atoms. The third-order valence-electron chi connectivity index (χ3n) is 5.00. The Labute approximate surface area is 146 Å². The Morgan fingerprint density at radius 1 is 1.20 bits per heavy atom. The van der Waals surface area contributed by atoms with Gasteiger partial charge in [-0.2, -0.15) is 4.98 Å². The third-order valence-corrected chi connectivity index (χ3v) is 5.00. The van der Waals surface area contributed by atoms with Gasteiger partial charge in [-0.05, 0) is 19.1 Å². The second-order valence-electron chi connectivity index (χ2n) is 6.68. The van der Waals surface area contributed by atoms with E-state index in [0.29, 0.717) is 11.7 Å². The lowest BCUT2D eigenvalue weighted by molar-refractivity contribution is -0.134. The predicted octanol–water partition coefficient (Wildman–Crippen LogP) is 0.900. The highest BCUT2D eigenvalue weighted by Crippen LogP contribution is 2.34. The molecule has 0 spiro atoms. The van der Waals surface area contributed by atoms with Gasteiger partial charge in [-0.15, -0.1) is 0 Å². The standard InChI is InChI=1S/C18H21N5O2/c1-12-19-8-6-16(21-12)25-17-14-10-23(9-13-5-3-4-7-20-13)11-15(14)22(2)18(17)24/h3-8,14-15,17H,9-11H2,1-2H3/t14-,15+,17-/m0/s1. The summed E-state index contributed by atoms with van der Waals surface area (Å²) in [5.74, 6) is 1.26. The van der Waals surface area contributed by atoms with Crippen LogP contribution in [0.3, 0.4) is 0 Å². The Hall–Kier alpha value is -2.54. The van der Waals surface area contributed by atoms with E-state index in [1.807, 2.05) is 43.3 Å². The minimum absolute atomic E-state index is 0.0313. The summed E-state index contributed by atoms with van der Waals surface area (Å²) in [6.07, 6.45) is 2.98. The number of hydrogen-bond acceptors (Lipinski definition) is 6. The highest BCUT2D eigenvalue weighted by atomic mass is 16.5. The quantitative estimate of drug-likeness (QED) is 0.824. The summed E-state index contributed by atoms with van der Waals surface area (Å²) in [6.45, 7) is 4.25. The van der Waals surface area contributed by atoms with Crippen LogP contribution in [0.5, 0.6) is 5.88 Å². The van der Waals surface area contributed by atoms with E-state index in [-0.39, 0.29) is 17.9 Å². The lowest BCUT2D eigenvalue weighted by Gasteiger charge is -2.21. The number of rotatable bonds is 4. The Kier molecular flexibility index (Phi) is 4.09. The average Bonchev–Trinajstić information content (AvgIpc) is 3.10. The molecule has 0 saturated carbocycles. The van der Waals surface area contributed by atoms with E-state index in [0.717, 1.165) is 25.3 Å². The van der Waals surface area contributed by atoms with Gasteiger partial charge in [0.05, 0.1) is 11.7 Å². The van der Waals surface area contributed by atoms with Crippen molar-refractivity contribution in [3.8, 4) is 5.88 Å². The minimum Gasteiger partial charge on any atom is -0.464 e. The van der Waals surface area contributed by atoms with Crippen LogP contribution in [0.15, 0.2) is 36.7 Å². The van der Waals surface area contributed by atoms with Gasteiger partial charge in [0.15, 0.2) is 6.10 Å². The first-order chi connectivity index (χ1) is 12.1. The number of pyridine rings is 1. The lowest BCUT2D eigenvalue weighted by Crippen LogP contribution is -2.38. The van der Waals surface area contributed by atoms with Gasteiger partial charge in [-0.25, -0.2) is 4.98 Å². The maximum absolute atomic E-state index is 12.6. The molecule has 130 valence electrons. The van der Waals surface area contributed by atoms with Gasteiger partial charge in [0, 0.05) is 51.1 Å². The highest BCUT2D eigenvalue weighted by Gasteiger charge is 2.52. The second kappa shape index (κ2) is 6.40. The van der Waals surface area contributed by atoms with Crippen molar-refractivity contribution in [2.45, 2.75) is 25.6 Å². The van der Waals surface area contributed by atoms with Crippen molar-refractivity contribution >= 4 is 5.91 Å². The summed E-state index contributed by atoms with van der Waals surface area (Å²) in [5.41, 5.74) is 1.04. The first-order valence-electron chi connectivity index (χ1n) is 8.47. The van der Waals surface area contributed by atoms with Crippen molar-refractivity contribution in [3.05, 3.63) is 48.2 Å². The molecule has 0 radical (unpaired) electrons. The van der Waals surface area contributed by atoms with E-state index in [4.69, 9.17) is 4.74 Å². The van der Waals surface area contributed by atoms with Crippen molar-refractivity contribution in [2.75, 3.05) is 20.1 Å². The number of aryl methyl sites for hydroxylation is 1. The van der Waals surface area contributed by atoms with E-state index in [2.05, 4.69) is 19.9 Å². The fourth-order valence-electron chi connectivity index (χ4n) is 3.77. The summed E-state index contributed by atoms with van der Waals surface area (Å²) >= 11 is 0. The van der Waals surface area contributed by atoms with E-state index in [9.17, 15) is 4.79 Å². The van der Waals surface area contributed by atoms with Crippen LogP contribution in [0.2, 0.25) is 0 Å². The molecule has 4 heterocycles. The number of carbonyl (C=O) groups excluding carboxylic acids is 1. The third kappa shape index (κ3) is 3.07. The average molecular weight is 339 g/mol. The van der Waals surface area contributed by atoms with E-state index >= 15 is 0 Å². The van der Waals surface area contributed by atoms with Gasteiger partial charge in [0.2, 0.25) is 5.88 Å². The number of aromatic nitrogens is 3. The number of ether oxygens (including phenoxy) is 1. The fourth-order valence-corrected chi connectivity index (χ4v) is 3.77. The van der Waals surface area contributed by atoms with Crippen molar-refractivity contribution in [1.29, 1.82) is 0 Å². The van der Waals surface area contributed by atoms with E-state index in [1.165, 1.54) is 0 Å².